The van der Waals surface area contributed by atoms with E-state index in [1.807, 2.05) is 19.1 Å². The number of aliphatic carboxylic acids is 2. The van der Waals surface area contributed by atoms with E-state index in [0.29, 0.717) is 6.42 Å². The number of Topliss-reactive ketones (excluding diaryl/α,β-unsaturated/α-hetero) is 1. The van der Waals surface area contributed by atoms with Crippen LogP contribution in [0.3, 0.4) is 0 Å². The van der Waals surface area contributed by atoms with Crippen LogP contribution in [0, 0.1) is 0 Å². The smallest absolute Gasteiger partial charge is 0.317 e. The summed E-state index contributed by atoms with van der Waals surface area (Å²) >= 11 is 0. The molecule has 1 aliphatic heterocycles. The number of ether oxygens (including phenoxy) is 3. The topological polar surface area (TPSA) is 197 Å². The van der Waals surface area contributed by atoms with Gasteiger partial charge in [-0.2, -0.15) is 0 Å². The van der Waals surface area contributed by atoms with Crippen LogP contribution in [0.4, 0.5) is 0 Å². The van der Waals surface area contributed by atoms with Gasteiger partial charge in [0.2, 0.25) is 0 Å². The Balaban J connectivity index is 2.85. The molecule has 0 aromatic heterocycles. The standard InChI is InChI=1S/C23H34O12/c1-2-3-4-5-6-7-9-14(24)15(10-8-11-17(25)26)34-23-22(32)21(31)20(30)16(35-23)13-33-19(29)12-18(27)28/h3-4,6-7,15-16,20-23,30-32H,2,5,8-13H2,1H3,(H,25,26)(H,27,28)/b4-3-,7-6-/t15-,16-,20-,21+,22-,23-/m1/s1. The van der Waals surface area contributed by atoms with E-state index in [1.165, 1.54) is 0 Å². The first kappa shape index (κ1) is 30.4. The third-order valence-electron chi connectivity index (χ3n) is 5.05. The average molecular weight is 503 g/mol. The van der Waals surface area contributed by atoms with E-state index in [1.54, 1.807) is 12.2 Å². The van der Waals surface area contributed by atoms with Crippen LogP contribution in [0.5, 0.6) is 0 Å². The number of carboxylic acids is 2. The van der Waals surface area contributed by atoms with Crippen LogP contribution in [-0.2, 0) is 33.4 Å². The summed E-state index contributed by atoms with van der Waals surface area (Å²) in [6, 6.07) is 0. The average Bonchev–Trinajstić information content (AvgIpc) is 2.79. The Morgan fingerprint density at radius 2 is 1.63 bits per heavy atom. The van der Waals surface area contributed by atoms with Crippen LogP contribution in [0.25, 0.3) is 0 Å². The number of aliphatic hydroxyl groups is 3. The van der Waals surface area contributed by atoms with E-state index in [-0.39, 0.29) is 25.7 Å². The SMILES string of the molecule is CC/C=C\C/C=C\CC(=O)[C@@H](CCCC(=O)O)O[C@@H]1O[C@H](COC(=O)CC(=O)O)[C@@H](O)[C@H](O)[C@H]1O. The number of carbonyl (C=O) groups excluding carboxylic acids is 2. The molecule has 198 valence electrons. The third-order valence-corrected chi connectivity index (χ3v) is 5.05. The number of rotatable bonds is 16. The molecule has 1 saturated heterocycles. The summed E-state index contributed by atoms with van der Waals surface area (Å²) in [5.41, 5.74) is 0. The van der Waals surface area contributed by atoms with E-state index in [0.717, 1.165) is 6.42 Å². The molecule has 0 radical (unpaired) electrons. The molecule has 0 aromatic carbocycles. The van der Waals surface area contributed by atoms with Crippen LogP contribution in [-0.4, -0.2) is 92.6 Å². The largest absolute Gasteiger partial charge is 0.481 e. The maximum absolute atomic E-state index is 12.7. The number of allylic oxidation sites excluding steroid dienone is 4. The number of aliphatic hydroxyl groups excluding tert-OH is 3. The van der Waals surface area contributed by atoms with Crippen LogP contribution in [0.2, 0.25) is 0 Å². The molecule has 12 heteroatoms. The molecule has 0 saturated carbocycles. The molecule has 0 spiro atoms. The van der Waals surface area contributed by atoms with Gasteiger partial charge < -0.3 is 39.7 Å². The van der Waals surface area contributed by atoms with E-state index in [4.69, 9.17) is 24.4 Å². The van der Waals surface area contributed by atoms with Crippen LogP contribution >= 0.6 is 0 Å². The summed E-state index contributed by atoms with van der Waals surface area (Å²) in [5, 5.41) is 48.1. The second kappa shape index (κ2) is 16.1. The molecule has 0 aromatic rings. The first-order valence-corrected chi connectivity index (χ1v) is 11.3. The quantitative estimate of drug-likeness (QED) is 0.110. The lowest BCUT2D eigenvalue weighted by Crippen LogP contribution is -2.60. The molecule has 35 heavy (non-hydrogen) atoms. The van der Waals surface area contributed by atoms with E-state index < -0.39 is 73.5 Å². The maximum Gasteiger partial charge on any atom is 0.317 e. The Kier molecular flexibility index (Phi) is 14.0. The molecule has 0 unspecified atom stereocenters. The molecular formula is C23H34O12. The van der Waals surface area contributed by atoms with Crippen molar-refractivity contribution in [3.63, 3.8) is 0 Å². The van der Waals surface area contributed by atoms with E-state index in [2.05, 4.69) is 0 Å². The summed E-state index contributed by atoms with van der Waals surface area (Å²) in [6.07, 6.45) is -1.63. The second-order valence-corrected chi connectivity index (χ2v) is 7.94. The molecule has 5 N–H and O–H groups in total. The number of ketones is 1. The zero-order valence-electron chi connectivity index (χ0n) is 19.5. The molecule has 1 heterocycles. The fraction of sp³-hybridized carbons (Fsp3) is 0.652. The lowest BCUT2D eigenvalue weighted by Gasteiger charge is -2.41. The highest BCUT2D eigenvalue weighted by atomic mass is 16.7. The highest BCUT2D eigenvalue weighted by Crippen LogP contribution is 2.25. The van der Waals surface area contributed by atoms with Crippen molar-refractivity contribution in [3.05, 3.63) is 24.3 Å². The minimum Gasteiger partial charge on any atom is -0.481 e. The second-order valence-electron chi connectivity index (χ2n) is 7.94. The molecule has 1 rings (SSSR count). The summed E-state index contributed by atoms with van der Waals surface area (Å²) in [7, 11) is 0. The normalized spacial score (nSPS) is 25.5. The fourth-order valence-electron chi connectivity index (χ4n) is 3.19. The van der Waals surface area contributed by atoms with Gasteiger partial charge in [-0.25, -0.2) is 0 Å². The van der Waals surface area contributed by atoms with E-state index >= 15 is 0 Å². The van der Waals surface area contributed by atoms with Crippen molar-refractivity contribution in [1.29, 1.82) is 0 Å². The molecule has 0 amide bonds. The van der Waals surface area contributed by atoms with Crippen molar-refractivity contribution < 1.29 is 58.9 Å². The molecule has 6 atom stereocenters. The summed E-state index contributed by atoms with van der Waals surface area (Å²) in [4.78, 5) is 45.6. The predicted octanol–water partition coefficient (Wildman–Crippen LogP) is 0.324. The van der Waals surface area contributed by atoms with Gasteiger partial charge in [0.05, 0.1) is 0 Å². The van der Waals surface area contributed by atoms with Crippen LogP contribution in [0.15, 0.2) is 24.3 Å². The summed E-state index contributed by atoms with van der Waals surface area (Å²) < 4.78 is 15.7. The van der Waals surface area contributed by atoms with Crippen molar-refractivity contribution in [2.75, 3.05) is 6.61 Å². The highest BCUT2D eigenvalue weighted by molar-refractivity contribution is 5.90. The lowest BCUT2D eigenvalue weighted by atomic mass is 9.98. The Labute approximate surface area is 202 Å². The molecule has 0 bridgehead atoms. The third kappa shape index (κ3) is 11.6. The predicted molar refractivity (Wildman–Crippen MR) is 119 cm³/mol. The Morgan fingerprint density at radius 1 is 0.943 bits per heavy atom. The zero-order chi connectivity index (χ0) is 26.4. The maximum atomic E-state index is 12.7. The van der Waals surface area contributed by atoms with Crippen molar-refractivity contribution in [2.24, 2.45) is 0 Å². The van der Waals surface area contributed by atoms with Crippen molar-refractivity contribution in [1.82, 2.24) is 0 Å². The number of hydrogen-bond acceptors (Lipinski definition) is 10. The van der Waals surface area contributed by atoms with Gasteiger partial charge in [0.15, 0.2) is 12.1 Å². The molecular weight excluding hydrogens is 468 g/mol. The first-order valence-electron chi connectivity index (χ1n) is 11.3. The van der Waals surface area contributed by atoms with Gasteiger partial charge in [-0.15, -0.1) is 0 Å². The van der Waals surface area contributed by atoms with Gasteiger partial charge >= 0.3 is 17.9 Å². The highest BCUT2D eigenvalue weighted by Gasteiger charge is 2.46. The number of hydrogen-bond donors (Lipinski definition) is 5. The Morgan fingerprint density at radius 3 is 2.26 bits per heavy atom. The minimum absolute atomic E-state index is 0.00178. The fourth-order valence-corrected chi connectivity index (χ4v) is 3.19. The van der Waals surface area contributed by atoms with Crippen molar-refractivity contribution in [2.45, 2.75) is 88.7 Å². The number of carboxylic acid groups (broad SMARTS) is 2. The molecule has 1 aliphatic rings. The van der Waals surface area contributed by atoms with Gasteiger partial charge in [0, 0.05) is 12.8 Å². The van der Waals surface area contributed by atoms with Gasteiger partial charge in [-0.05, 0) is 25.7 Å². The monoisotopic (exact) mass is 502 g/mol. The van der Waals surface area contributed by atoms with Crippen molar-refractivity contribution in [3.8, 4) is 0 Å². The van der Waals surface area contributed by atoms with E-state index in [9.17, 15) is 34.5 Å². The lowest BCUT2D eigenvalue weighted by molar-refractivity contribution is -0.309. The minimum atomic E-state index is -1.78. The van der Waals surface area contributed by atoms with Crippen molar-refractivity contribution >= 4 is 23.7 Å². The summed E-state index contributed by atoms with van der Waals surface area (Å²) in [5.74, 6) is -4.00. The Bertz CT molecular complexity index is 762. The zero-order valence-corrected chi connectivity index (χ0v) is 19.5. The van der Waals surface area contributed by atoms with Gasteiger partial charge in [0.25, 0.3) is 0 Å². The van der Waals surface area contributed by atoms with Gasteiger partial charge in [0.1, 0.15) is 43.5 Å². The molecule has 0 aliphatic carbocycles. The Hall–Kier alpha value is -2.64. The van der Waals surface area contributed by atoms with Gasteiger partial charge in [-0.3, -0.25) is 19.2 Å². The number of esters is 1. The first-order chi connectivity index (χ1) is 16.6. The van der Waals surface area contributed by atoms with Crippen LogP contribution < -0.4 is 0 Å². The summed E-state index contributed by atoms with van der Waals surface area (Å²) in [6.45, 7) is 1.35. The van der Waals surface area contributed by atoms with Gasteiger partial charge in [-0.1, -0.05) is 31.2 Å². The molecule has 12 nitrogen and oxygen atoms in total. The molecule has 1 fully saturated rings. The number of carbonyl (C=O) groups is 4. The van der Waals surface area contributed by atoms with Crippen LogP contribution in [0.1, 0.15) is 51.9 Å².